The lowest BCUT2D eigenvalue weighted by Gasteiger charge is -2.27. The quantitative estimate of drug-likeness (QED) is 0.772. The van der Waals surface area contributed by atoms with Gasteiger partial charge in [-0.05, 0) is 49.9 Å². The second kappa shape index (κ2) is 9.80. The summed E-state index contributed by atoms with van der Waals surface area (Å²) in [6.07, 6.45) is 5.25. The molecule has 0 aliphatic carbocycles. The highest BCUT2D eigenvalue weighted by Crippen LogP contribution is 2.22. The first-order valence-corrected chi connectivity index (χ1v) is 9.18. The van der Waals surface area contributed by atoms with Crippen molar-refractivity contribution in [2.45, 2.75) is 45.8 Å². The summed E-state index contributed by atoms with van der Waals surface area (Å²) in [5.74, 6) is 0.881. The average molecular weight is 355 g/mol. The predicted octanol–water partition coefficient (Wildman–Crippen LogP) is 4.20. The number of urea groups is 1. The highest BCUT2D eigenvalue weighted by atomic mass is 16.5. The Morgan fingerprint density at radius 2 is 2.00 bits per heavy atom. The second-order valence-electron chi connectivity index (χ2n) is 6.58. The molecule has 5 heteroatoms. The maximum Gasteiger partial charge on any atom is 0.317 e. The number of para-hydroxylation sites is 1. The molecule has 2 aromatic rings. The van der Waals surface area contributed by atoms with Crippen molar-refractivity contribution in [1.82, 2.24) is 15.2 Å². The molecule has 0 unspecified atom stereocenters. The number of nitrogens with zero attached hydrogens (tertiary/aromatic N) is 2. The van der Waals surface area contributed by atoms with E-state index in [1.807, 2.05) is 63.5 Å². The molecule has 0 radical (unpaired) electrons. The molecule has 0 saturated carbocycles. The number of carbonyl (C=O) groups excluding carboxylic acids is 1. The third kappa shape index (κ3) is 5.48. The summed E-state index contributed by atoms with van der Waals surface area (Å²) in [6, 6.07) is 11.8. The van der Waals surface area contributed by atoms with Crippen LogP contribution in [0.25, 0.3) is 0 Å². The number of hydrogen-bond acceptors (Lipinski definition) is 3. The van der Waals surface area contributed by atoms with Crippen molar-refractivity contribution in [1.29, 1.82) is 0 Å². The Kier molecular flexibility index (Phi) is 7.45. The Morgan fingerprint density at radius 1 is 1.23 bits per heavy atom. The summed E-state index contributed by atoms with van der Waals surface area (Å²) in [7, 11) is 1.83. The lowest BCUT2D eigenvalue weighted by molar-refractivity contribution is 0.188. The monoisotopic (exact) mass is 355 g/mol. The van der Waals surface area contributed by atoms with Crippen molar-refractivity contribution in [3.05, 3.63) is 59.9 Å². The van der Waals surface area contributed by atoms with Crippen LogP contribution >= 0.6 is 0 Å². The minimum absolute atomic E-state index is 0.0141. The van der Waals surface area contributed by atoms with Gasteiger partial charge >= 0.3 is 6.03 Å². The van der Waals surface area contributed by atoms with Crippen molar-refractivity contribution < 1.29 is 9.53 Å². The molecule has 140 valence electrons. The van der Waals surface area contributed by atoms with E-state index in [0.717, 1.165) is 29.7 Å². The number of ether oxygens (including phenoxy) is 1. The largest absolute Gasteiger partial charge is 0.491 e. The number of amides is 2. The standard InChI is InChI=1S/C21H29N3O2/c1-5-19(18-10-8-13-22-15-18)24(4)21(25)23-14-12-17-9-6-7-11-20(17)26-16(2)3/h6-11,13,15-16,19H,5,12,14H2,1-4H3,(H,23,25)/t19-/m0/s1. The van der Waals surface area contributed by atoms with Gasteiger partial charge in [-0.15, -0.1) is 0 Å². The topological polar surface area (TPSA) is 54.5 Å². The lowest BCUT2D eigenvalue weighted by atomic mass is 10.1. The van der Waals surface area contributed by atoms with Crippen LogP contribution in [0.3, 0.4) is 0 Å². The number of aromatic nitrogens is 1. The molecule has 1 aromatic heterocycles. The van der Waals surface area contributed by atoms with Gasteiger partial charge < -0.3 is 15.0 Å². The molecule has 0 bridgehead atoms. The number of carbonyl (C=O) groups is 1. The third-order valence-corrected chi connectivity index (χ3v) is 4.25. The van der Waals surface area contributed by atoms with E-state index < -0.39 is 0 Å². The lowest BCUT2D eigenvalue weighted by Crippen LogP contribution is -2.40. The summed E-state index contributed by atoms with van der Waals surface area (Å²) in [4.78, 5) is 18.4. The SMILES string of the molecule is CC[C@@H](c1cccnc1)N(C)C(=O)NCCc1ccccc1OC(C)C. The summed E-state index contributed by atoms with van der Waals surface area (Å²) in [6.45, 7) is 6.65. The first-order chi connectivity index (χ1) is 12.5. The van der Waals surface area contributed by atoms with Gasteiger partial charge in [0, 0.05) is 26.0 Å². The summed E-state index contributed by atoms with van der Waals surface area (Å²) >= 11 is 0. The van der Waals surface area contributed by atoms with Crippen LogP contribution < -0.4 is 10.1 Å². The van der Waals surface area contributed by atoms with Gasteiger partial charge in [0.2, 0.25) is 0 Å². The van der Waals surface area contributed by atoms with Crippen molar-refractivity contribution in [2.75, 3.05) is 13.6 Å². The van der Waals surface area contributed by atoms with E-state index in [1.165, 1.54) is 0 Å². The van der Waals surface area contributed by atoms with Crippen molar-refractivity contribution in [2.24, 2.45) is 0 Å². The molecule has 1 atom stereocenters. The molecule has 1 heterocycles. The first-order valence-electron chi connectivity index (χ1n) is 9.18. The van der Waals surface area contributed by atoms with Crippen LogP contribution in [-0.2, 0) is 6.42 Å². The van der Waals surface area contributed by atoms with Crippen LogP contribution in [0.4, 0.5) is 4.79 Å². The molecule has 2 amide bonds. The maximum atomic E-state index is 12.5. The fraction of sp³-hybridized carbons (Fsp3) is 0.429. The number of rotatable bonds is 8. The fourth-order valence-electron chi connectivity index (χ4n) is 2.96. The molecule has 0 spiro atoms. The second-order valence-corrected chi connectivity index (χ2v) is 6.58. The van der Waals surface area contributed by atoms with E-state index in [0.29, 0.717) is 6.54 Å². The first kappa shape index (κ1) is 19.8. The number of pyridine rings is 1. The van der Waals surface area contributed by atoms with E-state index in [4.69, 9.17) is 4.74 Å². The van der Waals surface area contributed by atoms with Crippen molar-refractivity contribution in [3.8, 4) is 5.75 Å². The molecule has 0 aliphatic rings. The predicted molar refractivity (Wildman–Crippen MR) is 104 cm³/mol. The van der Waals surface area contributed by atoms with Crippen molar-refractivity contribution >= 4 is 6.03 Å². The number of hydrogen-bond donors (Lipinski definition) is 1. The van der Waals surface area contributed by atoms with Gasteiger partial charge in [0.05, 0.1) is 12.1 Å². The Balaban J connectivity index is 1.92. The van der Waals surface area contributed by atoms with E-state index in [2.05, 4.69) is 17.2 Å². The molecule has 2 rings (SSSR count). The minimum atomic E-state index is -0.0806. The summed E-state index contributed by atoms with van der Waals surface area (Å²) in [5.41, 5.74) is 2.15. The van der Waals surface area contributed by atoms with Crippen LogP contribution in [0, 0.1) is 0 Å². The zero-order valence-corrected chi connectivity index (χ0v) is 16.1. The van der Waals surface area contributed by atoms with Gasteiger partial charge in [-0.25, -0.2) is 4.79 Å². The highest BCUT2D eigenvalue weighted by Gasteiger charge is 2.20. The summed E-state index contributed by atoms with van der Waals surface area (Å²) in [5, 5.41) is 3.01. The van der Waals surface area contributed by atoms with Gasteiger partial charge in [-0.1, -0.05) is 31.2 Å². The zero-order valence-electron chi connectivity index (χ0n) is 16.1. The number of benzene rings is 1. The molecular formula is C21H29N3O2. The van der Waals surface area contributed by atoms with E-state index in [-0.39, 0.29) is 18.2 Å². The smallest absolute Gasteiger partial charge is 0.317 e. The van der Waals surface area contributed by atoms with Crippen molar-refractivity contribution in [3.63, 3.8) is 0 Å². The Bertz CT molecular complexity index is 689. The fourth-order valence-corrected chi connectivity index (χ4v) is 2.96. The molecule has 0 aliphatic heterocycles. The molecule has 1 aromatic carbocycles. The van der Waals surface area contributed by atoms with E-state index in [1.54, 1.807) is 11.1 Å². The Hall–Kier alpha value is -2.56. The maximum absolute atomic E-state index is 12.5. The minimum Gasteiger partial charge on any atom is -0.491 e. The molecule has 26 heavy (non-hydrogen) atoms. The molecule has 0 fully saturated rings. The van der Waals surface area contributed by atoms with Crippen LogP contribution in [0.1, 0.15) is 44.4 Å². The van der Waals surface area contributed by atoms with Crippen LogP contribution in [0.5, 0.6) is 5.75 Å². The molecule has 5 nitrogen and oxygen atoms in total. The third-order valence-electron chi connectivity index (χ3n) is 4.25. The van der Waals surface area contributed by atoms with E-state index in [9.17, 15) is 4.79 Å². The number of nitrogens with one attached hydrogen (secondary N) is 1. The summed E-state index contributed by atoms with van der Waals surface area (Å²) < 4.78 is 5.83. The molecular weight excluding hydrogens is 326 g/mol. The van der Waals surface area contributed by atoms with Gasteiger partial charge in [-0.2, -0.15) is 0 Å². The molecule has 1 N–H and O–H groups in total. The highest BCUT2D eigenvalue weighted by molar-refractivity contribution is 5.74. The Labute approximate surface area is 156 Å². The van der Waals surface area contributed by atoms with Crippen LogP contribution in [0.2, 0.25) is 0 Å². The normalized spacial score (nSPS) is 11.9. The van der Waals surface area contributed by atoms with Crippen LogP contribution in [-0.4, -0.2) is 35.6 Å². The zero-order chi connectivity index (χ0) is 18.9. The van der Waals surface area contributed by atoms with Gasteiger partial charge in [-0.3, -0.25) is 4.98 Å². The van der Waals surface area contributed by atoms with Crippen LogP contribution in [0.15, 0.2) is 48.8 Å². The van der Waals surface area contributed by atoms with Gasteiger partial charge in [0.15, 0.2) is 0 Å². The average Bonchev–Trinajstić information content (AvgIpc) is 2.64. The van der Waals surface area contributed by atoms with Gasteiger partial charge in [0.1, 0.15) is 5.75 Å². The van der Waals surface area contributed by atoms with E-state index >= 15 is 0 Å². The molecule has 0 saturated heterocycles. The van der Waals surface area contributed by atoms with Gasteiger partial charge in [0.25, 0.3) is 0 Å². The Morgan fingerprint density at radius 3 is 2.65 bits per heavy atom.